The molecule has 2 rings (SSSR count). The van der Waals surface area contributed by atoms with E-state index in [1.807, 2.05) is 25.1 Å². The van der Waals surface area contributed by atoms with Crippen molar-refractivity contribution in [2.75, 3.05) is 7.11 Å². The number of carbonyl (C=O) groups excluding carboxylic acids is 1. The largest absolute Gasteiger partial charge is 0.496 e. The normalized spacial score (nSPS) is 21.6. The molecule has 0 heterocycles. The third-order valence-corrected chi connectivity index (χ3v) is 4.71. The van der Waals surface area contributed by atoms with E-state index in [1.165, 1.54) is 0 Å². The second-order valence-corrected chi connectivity index (χ2v) is 6.64. The van der Waals surface area contributed by atoms with Crippen molar-refractivity contribution in [1.29, 1.82) is 5.26 Å². The fraction of sp³-hybridized carbons (Fsp3) is 0.556. The van der Waals surface area contributed by atoms with Crippen LogP contribution >= 0.6 is 0 Å². The Bertz CT molecular complexity index is 583. The molecule has 0 aromatic heterocycles. The van der Waals surface area contributed by atoms with Gasteiger partial charge in [0, 0.05) is 11.5 Å². The summed E-state index contributed by atoms with van der Waals surface area (Å²) in [4.78, 5) is 12.9. The van der Waals surface area contributed by atoms with E-state index < -0.39 is 5.92 Å². The average Bonchev–Trinajstić information content (AvgIpc) is 2.79. The average molecular weight is 285 g/mol. The van der Waals surface area contributed by atoms with Crippen LogP contribution in [0.1, 0.15) is 50.2 Å². The molecule has 1 fully saturated rings. The van der Waals surface area contributed by atoms with Crippen LogP contribution in [0.25, 0.3) is 0 Å². The maximum Gasteiger partial charge on any atom is 0.158 e. The molecule has 1 aliphatic carbocycles. The second kappa shape index (κ2) is 5.89. The standard InChI is InChI=1S/C18H23NO2/c1-12-7-8-16(21-4)13(10-12)14(11-19)17(20)15-6-5-9-18(15,2)3/h7-8,10,14-15H,5-6,9H2,1-4H3. The van der Waals surface area contributed by atoms with Gasteiger partial charge in [0.1, 0.15) is 11.7 Å². The zero-order chi connectivity index (χ0) is 15.6. The van der Waals surface area contributed by atoms with Gasteiger partial charge in [0.15, 0.2) is 5.78 Å². The number of ether oxygens (including phenoxy) is 1. The lowest BCUT2D eigenvalue weighted by Gasteiger charge is -2.27. The molecular formula is C18H23NO2. The minimum Gasteiger partial charge on any atom is -0.496 e. The number of carbonyl (C=O) groups is 1. The van der Waals surface area contributed by atoms with Gasteiger partial charge < -0.3 is 4.74 Å². The lowest BCUT2D eigenvalue weighted by Crippen LogP contribution is -2.29. The molecule has 0 amide bonds. The van der Waals surface area contributed by atoms with Crippen molar-refractivity contribution in [2.45, 2.75) is 46.0 Å². The summed E-state index contributed by atoms with van der Waals surface area (Å²) in [6.45, 7) is 6.22. The summed E-state index contributed by atoms with van der Waals surface area (Å²) in [5.74, 6) is -0.102. The Labute approximate surface area is 126 Å². The van der Waals surface area contributed by atoms with Gasteiger partial charge in [-0.05, 0) is 31.2 Å². The Morgan fingerprint density at radius 2 is 2.19 bits per heavy atom. The van der Waals surface area contributed by atoms with Crippen molar-refractivity contribution in [3.8, 4) is 11.8 Å². The molecule has 3 nitrogen and oxygen atoms in total. The van der Waals surface area contributed by atoms with Gasteiger partial charge in [-0.3, -0.25) is 4.79 Å². The number of aryl methyl sites for hydroxylation is 1. The summed E-state index contributed by atoms with van der Waals surface area (Å²) in [6, 6.07) is 7.87. The van der Waals surface area contributed by atoms with Crippen LogP contribution in [-0.2, 0) is 4.79 Å². The first-order valence-electron chi connectivity index (χ1n) is 7.48. The third kappa shape index (κ3) is 2.95. The van der Waals surface area contributed by atoms with Gasteiger partial charge in [0.25, 0.3) is 0 Å². The van der Waals surface area contributed by atoms with Crippen LogP contribution in [0.2, 0.25) is 0 Å². The molecule has 0 N–H and O–H groups in total. The van der Waals surface area contributed by atoms with E-state index in [0.717, 1.165) is 24.8 Å². The van der Waals surface area contributed by atoms with Crippen LogP contribution in [0.5, 0.6) is 5.75 Å². The molecule has 1 aromatic rings. The Morgan fingerprint density at radius 1 is 1.48 bits per heavy atom. The minimum atomic E-state index is -0.734. The SMILES string of the molecule is COc1ccc(C)cc1C(C#N)C(=O)C1CCCC1(C)C. The number of rotatable bonds is 4. The number of ketones is 1. The third-order valence-electron chi connectivity index (χ3n) is 4.71. The fourth-order valence-electron chi connectivity index (χ4n) is 3.42. The van der Waals surface area contributed by atoms with E-state index in [9.17, 15) is 10.1 Å². The first-order chi connectivity index (χ1) is 9.90. The highest BCUT2D eigenvalue weighted by molar-refractivity contribution is 5.91. The van der Waals surface area contributed by atoms with Gasteiger partial charge in [0.05, 0.1) is 13.2 Å². The lowest BCUT2D eigenvalue weighted by molar-refractivity contribution is -0.125. The van der Waals surface area contributed by atoms with Crippen LogP contribution in [-0.4, -0.2) is 12.9 Å². The van der Waals surface area contributed by atoms with Gasteiger partial charge in [-0.25, -0.2) is 0 Å². The van der Waals surface area contributed by atoms with E-state index in [-0.39, 0.29) is 17.1 Å². The van der Waals surface area contributed by atoms with Crippen LogP contribution in [0, 0.1) is 29.6 Å². The molecule has 1 aliphatic rings. The molecule has 0 radical (unpaired) electrons. The van der Waals surface area contributed by atoms with Crippen LogP contribution in [0.15, 0.2) is 18.2 Å². The highest BCUT2D eigenvalue weighted by atomic mass is 16.5. The van der Waals surface area contributed by atoms with Crippen LogP contribution in [0.3, 0.4) is 0 Å². The molecule has 0 bridgehead atoms. The van der Waals surface area contributed by atoms with Gasteiger partial charge in [-0.1, -0.05) is 38.0 Å². The zero-order valence-electron chi connectivity index (χ0n) is 13.3. The molecule has 112 valence electrons. The molecule has 1 saturated carbocycles. The van der Waals surface area contributed by atoms with Gasteiger partial charge in [-0.2, -0.15) is 5.26 Å². The molecule has 2 atom stereocenters. The number of hydrogen-bond donors (Lipinski definition) is 0. The number of Topliss-reactive ketones (excluding diaryl/α,β-unsaturated/α-hetero) is 1. The molecule has 21 heavy (non-hydrogen) atoms. The smallest absolute Gasteiger partial charge is 0.158 e. The quantitative estimate of drug-likeness (QED) is 0.840. The predicted octanol–water partition coefficient (Wildman–Crippen LogP) is 4.01. The minimum absolute atomic E-state index is 0.0107. The van der Waals surface area contributed by atoms with Crippen molar-refractivity contribution >= 4 is 5.78 Å². The topological polar surface area (TPSA) is 50.1 Å². The van der Waals surface area contributed by atoms with E-state index >= 15 is 0 Å². The summed E-state index contributed by atoms with van der Waals surface area (Å²) >= 11 is 0. The molecule has 1 aromatic carbocycles. The highest BCUT2D eigenvalue weighted by Crippen LogP contribution is 2.45. The first kappa shape index (κ1) is 15.6. The lowest BCUT2D eigenvalue weighted by atomic mass is 9.75. The number of hydrogen-bond acceptors (Lipinski definition) is 3. The molecule has 0 saturated heterocycles. The van der Waals surface area contributed by atoms with E-state index in [2.05, 4.69) is 19.9 Å². The van der Waals surface area contributed by atoms with Crippen molar-refractivity contribution in [1.82, 2.24) is 0 Å². The van der Waals surface area contributed by atoms with E-state index in [4.69, 9.17) is 4.74 Å². The second-order valence-electron chi connectivity index (χ2n) is 6.64. The molecule has 3 heteroatoms. The number of methoxy groups -OCH3 is 1. The van der Waals surface area contributed by atoms with Crippen LogP contribution in [0.4, 0.5) is 0 Å². The Kier molecular flexibility index (Phi) is 4.37. The summed E-state index contributed by atoms with van der Waals surface area (Å²) in [7, 11) is 1.58. The predicted molar refractivity (Wildman–Crippen MR) is 82.2 cm³/mol. The molecule has 2 unspecified atom stereocenters. The van der Waals surface area contributed by atoms with Gasteiger partial charge in [-0.15, -0.1) is 0 Å². The Hall–Kier alpha value is -1.82. The fourth-order valence-corrected chi connectivity index (χ4v) is 3.42. The number of benzene rings is 1. The highest BCUT2D eigenvalue weighted by Gasteiger charge is 2.42. The number of nitriles is 1. The monoisotopic (exact) mass is 285 g/mol. The molecular weight excluding hydrogens is 262 g/mol. The van der Waals surface area contributed by atoms with Crippen molar-refractivity contribution in [3.05, 3.63) is 29.3 Å². The van der Waals surface area contributed by atoms with E-state index in [1.54, 1.807) is 7.11 Å². The maximum absolute atomic E-state index is 12.9. The number of nitrogens with zero attached hydrogens (tertiary/aromatic N) is 1. The van der Waals surface area contributed by atoms with Crippen molar-refractivity contribution in [3.63, 3.8) is 0 Å². The van der Waals surface area contributed by atoms with Gasteiger partial charge >= 0.3 is 0 Å². The van der Waals surface area contributed by atoms with Crippen LogP contribution < -0.4 is 4.74 Å². The Morgan fingerprint density at radius 3 is 2.71 bits per heavy atom. The summed E-state index contributed by atoms with van der Waals surface area (Å²) < 4.78 is 5.34. The van der Waals surface area contributed by atoms with E-state index in [0.29, 0.717) is 11.3 Å². The first-order valence-corrected chi connectivity index (χ1v) is 7.48. The summed E-state index contributed by atoms with van der Waals surface area (Å²) in [6.07, 6.45) is 3.00. The van der Waals surface area contributed by atoms with Crippen molar-refractivity contribution in [2.24, 2.45) is 11.3 Å². The maximum atomic E-state index is 12.9. The van der Waals surface area contributed by atoms with Gasteiger partial charge in [0.2, 0.25) is 0 Å². The zero-order valence-corrected chi connectivity index (χ0v) is 13.3. The Balaban J connectivity index is 2.39. The summed E-state index contributed by atoms with van der Waals surface area (Å²) in [5, 5.41) is 9.56. The molecule has 0 aliphatic heterocycles. The summed E-state index contributed by atoms with van der Waals surface area (Å²) in [5.41, 5.74) is 1.72. The molecule has 0 spiro atoms. The van der Waals surface area contributed by atoms with Crippen molar-refractivity contribution < 1.29 is 9.53 Å².